The van der Waals surface area contributed by atoms with Crippen LogP contribution in [0.5, 0.6) is 5.75 Å². The molecule has 1 aliphatic rings. The van der Waals surface area contributed by atoms with Crippen molar-refractivity contribution in [2.45, 2.75) is 50.7 Å². The highest BCUT2D eigenvalue weighted by molar-refractivity contribution is 6.00. The molecule has 1 amide bonds. The van der Waals surface area contributed by atoms with Gasteiger partial charge in [-0.2, -0.15) is 0 Å². The first-order valence-corrected chi connectivity index (χ1v) is 9.80. The molecular weight excluding hydrogens is 378 g/mol. The van der Waals surface area contributed by atoms with Gasteiger partial charge >= 0.3 is 11.9 Å². The molecule has 6 N–H and O–H groups in total. The lowest BCUT2D eigenvalue weighted by atomic mass is 9.87. The van der Waals surface area contributed by atoms with Gasteiger partial charge < -0.3 is 20.7 Å². The fourth-order valence-corrected chi connectivity index (χ4v) is 3.58. The summed E-state index contributed by atoms with van der Waals surface area (Å²) < 4.78 is 5.87. The van der Waals surface area contributed by atoms with Crippen LogP contribution in [0.15, 0.2) is 24.3 Å². The number of carboxylic acid groups (broad SMARTS) is 2. The summed E-state index contributed by atoms with van der Waals surface area (Å²) in [6.07, 6.45) is 4.12. The molecule has 160 valence electrons. The van der Waals surface area contributed by atoms with Crippen LogP contribution in [0.1, 0.15) is 44.9 Å². The molecule has 0 unspecified atom stereocenters. The van der Waals surface area contributed by atoms with Gasteiger partial charge in [-0.25, -0.2) is 0 Å². The van der Waals surface area contributed by atoms with Gasteiger partial charge in [-0.1, -0.05) is 37.8 Å². The summed E-state index contributed by atoms with van der Waals surface area (Å²) in [4.78, 5) is 37.1. The molecule has 0 bridgehead atoms. The smallest absolute Gasteiger partial charge is 0.323 e. The lowest BCUT2D eigenvalue weighted by Gasteiger charge is -2.33. The average Bonchev–Trinajstić information content (AvgIpc) is 2.75. The van der Waals surface area contributed by atoms with Crippen LogP contribution in [0.2, 0.25) is 0 Å². The van der Waals surface area contributed by atoms with Crippen molar-refractivity contribution >= 4 is 23.5 Å². The van der Waals surface area contributed by atoms with Crippen molar-refractivity contribution in [2.75, 3.05) is 18.0 Å². The van der Waals surface area contributed by atoms with E-state index >= 15 is 0 Å². The third-order valence-corrected chi connectivity index (χ3v) is 5.06. The summed E-state index contributed by atoms with van der Waals surface area (Å²) in [6.45, 7) is 0.0695. The van der Waals surface area contributed by atoms with Gasteiger partial charge in [0, 0.05) is 0 Å². The fourth-order valence-electron chi connectivity index (χ4n) is 3.58. The summed E-state index contributed by atoms with van der Waals surface area (Å²) in [5, 5.41) is 18.9. The van der Waals surface area contributed by atoms with Crippen molar-refractivity contribution in [2.24, 2.45) is 17.4 Å². The largest absolute Gasteiger partial charge is 0.481 e. The Labute approximate surface area is 169 Å². The summed E-state index contributed by atoms with van der Waals surface area (Å²) in [7, 11) is 0. The minimum absolute atomic E-state index is 0.191. The monoisotopic (exact) mass is 407 g/mol. The van der Waals surface area contributed by atoms with E-state index in [-0.39, 0.29) is 17.9 Å². The van der Waals surface area contributed by atoms with Crippen LogP contribution in [0.25, 0.3) is 0 Å². The number of nitrogens with two attached hydrogens (primary N) is 2. The number of unbranched alkanes of at least 4 members (excludes halogenated alkanes) is 4. The highest BCUT2D eigenvalue weighted by Gasteiger charge is 2.47. The Balaban J connectivity index is 2.22. The third kappa shape index (κ3) is 5.91. The van der Waals surface area contributed by atoms with E-state index in [1.165, 1.54) is 0 Å². The van der Waals surface area contributed by atoms with Gasteiger partial charge in [-0.15, -0.1) is 0 Å². The number of carbonyl (C=O) groups is 3. The molecule has 2 rings (SSSR count). The molecule has 9 nitrogen and oxygen atoms in total. The lowest BCUT2D eigenvalue weighted by Crippen LogP contribution is -2.57. The minimum atomic E-state index is -1.77. The van der Waals surface area contributed by atoms with Crippen LogP contribution in [-0.4, -0.2) is 46.9 Å². The Hall–Kier alpha value is -2.65. The van der Waals surface area contributed by atoms with Gasteiger partial charge in [0.1, 0.15) is 18.2 Å². The number of hydrogen-bond acceptors (Lipinski definition) is 6. The fraction of sp³-hybridized carbons (Fsp3) is 0.550. The molecule has 1 heterocycles. The van der Waals surface area contributed by atoms with E-state index in [2.05, 4.69) is 0 Å². The van der Waals surface area contributed by atoms with Crippen LogP contribution in [0.4, 0.5) is 5.69 Å². The van der Waals surface area contributed by atoms with Crippen LogP contribution < -0.4 is 21.1 Å². The zero-order valence-electron chi connectivity index (χ0n) is 16.4. The SMILES string of the molecule is NCCCCCCC[C@H](C(=O)O)[C@]1(N)CC(=O)N(CC(=O)O)c2ccccc2O1. The van der Waals surface area contributed by atoms with Crippen LogP contribution in [-0.2, 0) is 14.4 Å². The van der Waals surface area contributed by atoms with Crippen LogP contribution >= 0.6 is 0 Å². The number of carboxylic acids is 2. The number of nitrogens with zero attached hydrogens (tertiary/aromatic N) is 1. The Morgan fingerprint density at radius 1 is 1.14 bits per heavy atom. The number of fused-ring (bicyclic) bond motifs is 1. The van der Waals surface area contributed by atoms with E-state index in [9.17, 15) is 19.5 Å². The Morgan fingerprint density at radius 3 is 2.45 bits per heavy atom. The number of carbonyl (C=O) groups excluding carboxylic acids is 1. The third-order valence-electron chi connectivity index (χ3n) is 5.06. The second kappa shape index (κ2) is 10.2. The molecule has 0 saturated carbocycles. The number of anilines is 1. The molecule has 1 aromatic carbocycles. The molecule has 0 aliphatic carbocycles. The quantitative estimate of drug-likeness (QED) is 0.402. The van der Waals surface area contributed by atoms with E-state index in [0.717, 1.165) is 30.6 Å². The molecule has 0 aromatic heterocycles. The molecule has 9 heteroatoms. The highest BCUT2D eigenvalue weighted by atomic mass is 16.5. The predicted molar refractivity (Wildman–Crippen MR) is 106 cm³/mol. The van der Waals surface area contributed by atoms with Gasteiger partial charge in [-0.3, -0.25) is 25.0 Å². The molecular formula is C20H29N3O6. The topological polar surface area (TPSA) is 156 Å². The minimum Gasteiger partial charge on any atom is -0.481 e. The van der Waals surface area contributed by atoms with Gasteiger partial charge in [0.15, 0.2) is 5.72 Å². The standard InChI is InChI=1S/C20H29N3O6/c21-11-7-3-1-2-4-8-14(19(27)28)20(22)12-17(24)23(13-18(25)26)15-9-5-6-10-16(15)29-20/h5-6,9-10,14H,1-4,7-8,11-13,21-22H2,(H,25,26)(H,27,28)/t14-,20+/m1/s1. The van der Waals surface area contributed by atoms with Crippen molar-refractivity contribution < 1.29 is 29.3 Å². The van der Waals surface area contributed by atoms with Crippen LogP contribution in [0.3, 0.4) is 0 Å². The van der Waals surface area contributed by atoms with Gasteiger partial charge in [0.05, 0.1) is 12.1 Å². The summed E-state index contributed by atoms with van der Waals surface area (Å²) in [5.74, 6) is -3.85. The first-order chi connectivity index (χ1) is 13.8. The second-order valence-electron chi connectivity index (χ2n) is 7.31. The van der Waals surface area contributed by atoms with Crippen LogP contribution in [0, 0.1) is 5.92 Å². The van der Waals surface area contributed by atoms with Gasteiger partial charge in [0.2, 0.25) is 5.91 Å². The van der Waals surface area contributed by atoms with E-state index in [1.54, 1.807) is 24.3 Å². The summed E-state index contributed by atoms with van der Waals surface area (Å²) in [5.41, 5.74) is 10.3. The predicted octanol–water partition coefficient (Wildman–Crippen LogP) is 1.54. The number of para-hydroxylation sites is 2. The van der Waals surface area contributed by atoms with E-state index in [1.807, 2.05) is 0 Å². The summed E-state index contributed by atoms with van der Waals surface area (Å²) >= 11 is 0. The zero-order valence-corrected chi connectivity index (χ0v) is 16.4. The first-order valence-electron chi connectivity index (χ1n) is 9.80. The number of aliphatic carboxylic acids is 2. The maximum Gasteiger partial charge on any atom is 0.323 e. The maximum atomic E-state index is 12.8. The molecule has 0 radical (unpaired) electrons. The number of rotatable bonds is 11. The number of ether oxygens (including phenoxy) is 1. The second-order valence-corrected chi connectivity index (χ2v) is 7.31. The average molecular weight is 407 g/mol. The first kappa shape index (κ1) is 22.6. The molecule has 2 atom stereocenters. The van der Waals surface area contributed by atoms with Crippen molar-refractivity contribution in [3.05, 3.63) is 24.3 Å². The summed E-state index contributed by atoms with van der Waals surface area (Å²) in [6, 6.07) is 6.40. The van der Waals surface area contributed by atoms with Gasteiger partial charge in [-0.05, 0) is 31.5 Å². The molecule has 0 saturated heterocycles. The lowest BCUT2D eigenvalue weighted by molar-refractivity contribution is -0.152. The van der Waals surface area contributed by atoms with Crippen molar-refractivity contribution in [1.29, 1.82) is 0 Å². The number of amides is 1. The number of hydrogen-bond donors (Lipinski definition) is 4. The molecule has 1 aliphatic heterocycles. The Kier molecular flexibility index (Phi) is 7.98. The van der Waals surface area contributed by atoms with E-state index < -0.39 is 42.5 Å². The Bertz CT molecular complexity index is 741. The molecule has 0 fully saturated rings. The maximum absolute atomic E-state index is 12.8. The van der Waals surface area contributed by atoms with Crippen molar-refractivity contribution in [1.82, 2.24) is 0 Å². The van der Waals surface area contributed by atoms with E-state index in [0.29, 0.717) is 13.0 Å². The van der Waals surface area contributed by atoms with Gasteiger partial charge in [0.25, 0.3) is 0 Å². The number of benzene rings is 1. The normalized spacial score (nSPS) is 19.8. The van der Waals surface area contributed by atoms with E-state index in [4.69, 9.17) is 21.3 Å². The Morgan fingerprint density at radius 2 is 1.79 bits per heavy atom. The van der Waals surface area contributed by atoms with Crippen molar-refractivity contribution in [3.63, 3.8) is 0 Å². The zero-order chi connectivity index (χ0) is 21.4. The highest BCUT2D eigenvalue weighted by Crippen LogP contribution is 2.38. The molecule has 0 spiro atoms. The molecule has 1 aromatic rings. The molecule has 29 heavy (non-hydrogen) atoms. The van der Waals surface area contributed by atoms with Crippen molar-refractivity contribution in [3.8, 4) is 5.75 Å².